The number of amides is 2. The Hall–Kier alpha value is -3.48. The number of hydrogen-bond donors (Lipinski definition) is 1. The lowest BCUT2D eigenvalue weighted by Crippen LogP contribution is -2.34. The zero-order valence-corrected chi connectivity index (χ0v) is 17.5. The van der Waals surface area contributed by atoms with E-state index in [1.54, 1.807) is 26.2 Å². The van der Waals surface area contributed by atoms with E-state index in [1.807, 2.05) is 22.7 Å². The van der Waals surface area contributed by atoms with Gasteiger partial charge < -0.3 is 10.2 Å². The Bertz CT molecular complexity index is 1080. The molecule has 3 aromatic rings. The van der Waals surface area contributed by atoms with Crippen LogP contribution < -0.4 is 5.32 Å². The van der Waals surface area contributed by atoms with Gasteiger partial charge in [-0.1, -0.05) is 30.3 Å². The van der Waals surface area contributed by atoms with Crippen LogP contribution in [0.25, 0.3) is 11.1 Å². The van der Waals surface area contributed by atoms with Gasteiger partial charge in [0.1, 0.15) is 5.69 Å². The maximum Gasteiger partial charge on any atom is 0.269 e. The zero-order chi connectivity index (χ0) is 21.3. The van der Waals surface area contributed by atoms with E-state index in [4.69, 9.17) is 5.10 Å². The van der Waals surface area contributed by atoms with Crippen molar-refractivity contribution >= 4 is 11.8 Å². The highest BCUT2D eigenvalue weighted by atomic mass is 16.2. The Morgan fingerprint density at radius 1 is 1.10 bits per heavy atom. The van der Waals surface area contributed by atoms with Crippen LogP contribution in [0.3, 0.4) is 0 Å². The zero-order valence-electron chi connectivity index (χ0n) is 17.5. The van der Waals surface area contributed by atoms with Gasteiger partial charge in [-0.2, -0.15) is 5.10 Å². The third kappa shape index (κ3) is 3.83. The van der Waals surface area contributed by atoms with Gasteiger partial charge in [0.15, 0.2) is 0 Å². The van der Waals surface area contributed by atoms with Crippen LogP contribution in [0.5, 0.6) is 0 Å². The molecule has 0 radical (unpaired) electrons. The lowest BCUT2D eigenvalue weighted by atomic mass is 9.99. The van der Waals surface area contributed by atoms with Crippen LogP contribution in [0, 0.1) is 0 Å². The summed E-state index contributed by atoms with van der Waals surface area (Å²) in [4.78, 5) is 29.6. The first kappa shape index (κ1) is 19.8. The predicted octanol–water partition coefficient (Wildman–Crippen LogP) is 2.34. The minimum absolute atomic E-state index is 0.107. The van der Waals surface area contributed by atoms with E-state index in [0.29, 0.717) is 12.2 Å². The molecule has 0 bridgehead atoms. The van der Waals surface area contributed by atoms with E-state index in [1.165, 1.54) is 11.3 Å². The van der Waals surface area contributed by atoms with Crippen LogP contribution in [0.15, 0.2) is 42.6 Å². The topological polar surface area (TPSA) is 80.1 Å². The standard InChI is InChI=1S/C23H25N5O2/c1-15(29)28-11-10-22-19(14-28)21(26-27(22)3)12-16-4-6-17(7-5-16)18-8-9-20(25-13-18)23(30)24-2/h4-9,13H,10-12,14H2,1-3H3,(H,24,30). The quantitative estimate of drug-likeness (QED) is 0.725. The van der Waals surface area contributed by atoms with Crippen molar-refractivity contribution in [2.24, 2.45) is 7.05 Å². The number of benzene rings is 1. The van der Waals surface area contributed by atoms with Crippen molar-refractivity contribution in [3.05, 3.63) is 70.8 Å². The maximum atomic E-state index is 11.8. The van der Waals surface area contributed by atoms with Crippen LogP contribution in [-0.4, -0.2) is 45.1 Å². The van der Waals surface area contributed by atoms with Crippen LogP contribution >= 0.6 is 0 Å². The molecule has 0 atom stereocenters. The molecule has 1 aliphatic rings. The molecule has 7 nitrogen and oxygen atoms in total. The fraction of sp³-hybridized carbons (Fsp3) is 0.304. The first-order chi connectivity index (χ1) is 14.5. The van der Waals surface area contributed by atoms with Gasteiger partial charge in [0.2, 0.25) is 5.91 Å². The molecule has 7 heteroatoms. The van der Waals surface area contributed by atoms with Crippen LogP contribution in [-0.2, 0) is 31.2 Å². The van der Waals surface area contributed by atoms with Gasteiger partial charge in [-0.3, -0.25) is 19.3 Å². The molecule has 4 rings (SSSR count). The predicted molar refractivity (Wildman–Crippen MR) is 114 cm³/mol. The van der Waals surface area contributed by atoms with E-state index < -0.39 is 0 Å². The van der Waals surface area contributed by atoms with Gasteiger partial charge in [-0.15, -0.1) is 0 Å². The molecule has 1 N–H and O–H groups in total. The van der Waals surface area contributed by atoms with Crippen LogP contribution in [0.1, 0.15) is 39.9 Å². The number of aryl methyl sites for hydroxylation is 1. The SMILES string of the molecule is CNC(=O)c1ccc(-c2ccc(Cc3nn(C)c4c3CN(C(C)=O)CC4)cc2)cn1. The maximum absolute atomic E-state index is 11.8. The van der Waals surface area contributed by atoms with Gasteiger partial charge in [-0.25, -0.2) is 0 Å². The lowest BCUT2D eigenvalue weighted by molar-refractivity contribution is -0.129. The molecule has 3 heterocycles. The fourth-order valence-corrected chi connectivity index (χ4v) is 3.92. The number of rotatable bonds is 4. The summed E-state index contributed by atoms with van der Waals surface area (Å²) in [5.74, 6) is -0.0882. The molecular formula is C23H25N5O2. The number of carbonyl (C=O) groups excluding carboxylic acids is 2. The molecule has 1 aromatic carbocycles. The van der Waals surface area contributed by atoms with Crippen molar-refractivity contribution in [1.29, 1.82) is 0 Å². The summed E-state index contributed by atoms with van der Waals surface area (Å²) in [6.07, 6.45) is 3.28. The highest BCUT2D eigenvalue weighted by Crippen LogP contribution is 2.25. The number of aromatic nitrogens is 3. The molecule has 30 heavy (non-hydrogen) atoms. The molecule has 2 amide bonds. The molecule has 0 saturated heterocycles. The summed E-state index contributed by atoms with van der Waals surface area (Å²) in [6, 6.07) is 11.9. The largest absolute Gasteiger partial charge is 0.354 e. The van der Waals surface area contributed by atoms with Gasteiger partial charge in [0.25, 0.3) is 5.91 Å². The van der Waals surface area contributed by atoms with Gasteiger partial charge in [-0.05, 0) is 17.2 Å². The smallest absolute Gasteiger partial charge is 0.269 e. The Labute approximate surface area is 175 Å². The van der Waals surface area contributed by atoms with Crippen molar-refractivity contribution in [1.82, 2.24) is 25.0 Å². The Balaban J connectivity index is 1.52. The molecule has 154 valence electrons. The molecule has 2 aromatic heterocycles. The average molecular weight is 403 g/mol. The average Bonchev–Trinajstić information content (AvgIpc) is 3.08. The number of nitrogens with zero attached hydrogens (tertiary/aromatic N) is 4. The summed E-state index contributed by atoms with van der Waals surface area (Å²) >= 11 is 0. The van der Waals surface area contributed by atoms with E-state index in [9.17, 15) is 9.59 Å². The molecule has 0 aliphatic carbocycles. The van der Waals surface area contributed by atoms with E-state index in [0.717, 1.165) is 41.8 Å². The normalized spacial score (nSPS) is 13.1. The summed E-state index contributed by atoms with van der Waals surface area (Å²) < 4.78 is 1.95. The van der Waals surface area contributed by atoms with Crippen molar-refractivity contribution in [3.8, 4) is 11.1 Å². The minimum Gasteiger partial charge on any atom is -0.354 e. The number of nitrogens with one attached hydrogen (secondary N) is 1. The van der Waals surface area contributed by atoms with Gasteiger partial charge in [0.05, 0.1) is 5.69 Å². The third-order valence-corrected chi connectivity index (χ3v) is 5.65. The third-order valence-electron chi connectivity index (χ3n) is 5.65. The van der Waals surface area contributed by atoms with Crippen molar-refractivity contribution in [3.63, 3.8) is 0 Å². The number of fused-ring (bicyclic) bond motifs is 1. The highest BCUT2D eigenvalue weighted by molar-refractivity contribution is 5.92. The molecule has 0 unspecified atom stereocenters. The van der Waals surface area contributed by atoms with Crippen molar-refractivity contribution in [2.45, 2.75) is 26.3 Å². The second-order valence-corrected chi connectivity index (χ2v) is 7.57. The summed E-state index contributed by atoms with van der Waals surface area (Å²) in [5, 5.41) is 7.30. The van der Waals surface area contributed by atoms with Gasteiger partial charge in [0, 0.05) is 70.0 Å². The molecule has 0 saturated carbocycles. The molecule has 0 fully saturated rings. The van der Waals surface area contributed by atoms with Crippen LogP contribution in [0.4, 0.5) is 0 Å². The summed E-state index contributed by atoms with van der Waals surface area (Å²) in [5.41, 5.74) is 7.00. The van der Waals surface area contributed by atoms with E-state index in [2.05, 4.69) is 34.6 Å². The van der Waals surface area contributed by atoms with E-state index in [-0.39, 0.29) is 11.8 Å². The monoisotopic (exact) mass is 403 g/mol. The van der Waals surface area contributed by atoms with Crippen LogP contribution in [0.2, 0.25) is 0 Å². The lowest BCUT2D eigenvalue weighted by Gasteiger charge is -2.26. The Kier molecular flexibility index (Phi) is 5.35. The second kappa shape index (κ2) is 8.10. The Morgan fingerprint density at radius 2 is 1.83 bits per heavy atom. The number of hydrogen-bond acceptors (Lipinski definition) is 4. The molecule has 1 aliphatic heterocycles. The van der Waals surface area contributed by atoms with Crippen molar-refractivity contribution < 1.29 is 9.59 Å². The summed E-state index contributed by atoms with van der Waals surface area (Å²) in [7, 11) is 3.57. The highest BCUT2D eigenvalue weighted by Gasteiger charge is 2.25. The fourth-order valence-electron chi connectivity index (χ4n) is 3.92. The Morgan fingerprint density at radius 3 is 2.47 bits per heavy atom. The number of carbonyl (C=O) groups is 2. The number of pyridine rings is 1. The minimum atomic E-state index is -0.195. The van der Waals surface area contributed by atoms with Crippen molar-refractivity contribution in [2.75, 3.05) is 13.6 Å². The summed E-state index contributed by atoms with van der Waals surface area (Å²) in [6.45, 7) is 3.01. The van der Waals surface area contributed by atoms with E-state index >= 15 is 0 Å². The first-order valence-electron chi connectivity index (χ1n) is 10.0. The molecular weight excluding hydrogens is 378 g/mol. The first-order valence-corrected chi connectivity index (χ1v) is 10.0. The molecule has 0 spiro atoms. The van der Waals surface area contributed by atoms with Gasteiger partial charge >= 0.3 is 0 Å². The second-order valence-electron chi connectivity index (χ2n) is 7.57.